The summed E-state index contributed by atoms with van der Waals surface area (Å²) in [5, 5.41) is 1.83. The van der Waals surface area contributed by atoms with Gasteiger partial charge in [0.25, 0.3) is 0 Å². The summed E-state index contributed by atoms with van der Waals surface area (Å²) in [6, 6.07) is 29.7. The van der Waals surface area contributed by atoms with E-state index in [4.69, 9.17) is 0 Å². The fraction of sp³-hybridized carbons (Fsp3) is 0.0952. The molecule has 0 heterocycles. The highest BCUT2D eigenvalue weighted by molar-refractivity contribution is 5.80. The second kappa shape index (κ2) is 7.97. The van der Waals surface area contributed by atoms with Gasteiger partial charge in [0.2, 0.25) is 5.91 Å². The molecule has 0 radical (unpaired) electrons. The molecule has 120 valence electrons. The van der Waals surface area contributed by atoms with E-state index in [1.54, 1.807) is 0 Å². The molecule has 3 aromatic rings. The van der Waals surface area contributed by atoms with E-state index in [0.717, 1.165) is 17.8 Å². The zero-order chi connectivity index (χ0) is 16.6. The van der Waals surface area contributed by atoms with Crippen molar-refractivity contribution in [2.45, 2.75) is 12.8 Å². The van der Waals surface area contributed by atoms with Crippen LogP contribution in [0.5, 0.6) is 0 Å². The number of rotatable bonds is 6. The molecule has 0 aliphatic carbocycles. The predicted molar refractivity (Wildman–Crippen MR) is 97.9 cm³/mol. The Morgan fingerprint density at radius 1 is 0.708 bits per heavy atom. The van der Waals surface area contributed by atoms with E-state index >= 15 is 0 Å². The molecular formula is C21H20N2O. The lowest BCUT2D eigenvalue weighted by atomic mass is 10.1. The van der Waals surface area contributed by atoms with Crippen molar-refractivity contribution in [3.63, 3.8) is 0 Å². The highest BCUT2D eigenvalue weighted by atomic mass is 16.2. The number of benzene rings is 3. The first kappa shape index (κ1) is 15.8. The Balaban J connectivity index is 1.71. The van der Waals surface area contributed by atoms with Gasteiger partial charge in [0.1, 0.15) is 0 Å². The average molecular weight is 316 g/mol. The molecule has 3 rings (SSSR count). The molecule has 1 amide bonds. The summed E-state index contributed by atoms with van der Waals surface area (Å²) >= 11 is 0. The van der Waals surface area contributed by atoms with Crippen LogP contribution in [-0.2, 0) is 11.2 Å². The van der Waals surface area contributed by atoms with Crippen molar-refractivity contribution >= 4 is 17.3 Å². The van der Waals surface area contributed by atoms with Gasteiger partial charge < -0.3 is 0 Å². The van der Waals surface area contributed by atoms with E-state index in [2.05, 4.69) is 5.43 Å². The number of hydrazine groups is 1. The van der Waals surface area contributed by atoms with Gasteiger partial charge in [0.05, 0.1) is 11.4 Å². The van der Waals surface area contributed by atoms with Gasteiger partial charge in [-0.2, -0.15) is 0 Å². The van der Waals surface area contributed by atoms with Crippen LogP contribution in [0.15, 0.2) is 91.0 Å². The molecule has 0 aliphatic heterocycles. The number of nitrogens with one attached hydrogen (secondary N) is 1. The zero-order valence-corrected chi connectivity index (χ0v) is 13.4. The highest BCUT2D eigenvalue weighted by Gasteiger charge is 2.12. The molecule has 1 N–H and O–H groups in total. The molecule has 0 bridgehead atoms. The molecule has 0 fully saturated rings. The predicted octanol–water partition coefficient (Wildman–Crippen LogP) is 4.49. The molecular weight excluding hydrogens is 296 g/mol. The number of aryl methyl sites for hydroxylation is 1. The normalized spacial score (nSPS) is 10.2. The van der Waals surface area contributed by atoms with Crippen molar-refractivity contribution < 1.29 is 4.79 Å². The van der Waals surface area contributed by atoms with Crippen LogP contribution in [-0.4, -0.2) is 5.91 Å². The maximum Gasteiger partial charge on any atom is 0.239 e. The second-order valence-electron chi connectivity index (χ2n) is 5.53. The number of carbonyl (C=O) groups is 1. The van der Waals surface area contributed by atoms with Crippen molar-refractivity contribution in [2.75, 3.05) is 5.01 Å². The number of hydrogen-bond acceptors (Lipinski definition) is 2. The summed E-state index contributed by atoms with van der Waals surface area (Å²) < 4.78 is 0. The minimum absolute atomic E-state index is 0.00782. The van der Waals surface area contributed by atoms with E-state index in [1.807, 2.05) is 96.0 Å². The van der Waals surface area contributed by atoms with Crippen LogP contribution >= 0.6 is 0 Å². The summed E-state index contributed by atoms with van der Waals surface area (Å²) in [4.78, 5) is 12.4. The summed E-state index contributed by atoms with van der Waals surface area (Å²) in [5.74, 6) is -0.00782. The lowest BCUT2D eigenvalue weighted by Crippen LogP contribution is -2.39. The Bertz CT molecular complexity index is 718. The second-order valence-corrected chi connectivity index (χ2v) is 5.53. The van der Waals surface area contributed by atoms with E-state index in [0.29, 0.717) is 6.42 Å². The largest absolute Gasteiger partial charge is 0.273 e. The number of anilines is 2. The first-order chi connectivity index (χ1) is 11.8. The number of para-hydroxylation sites is 2. The van der Waals surface area contributed by atoms with Gasteiger partial charge in [0, 0.05) is 6.42 Å². The lowest BCUT2D eigenvalue weighted by molar-refractivity contribution is -0.121. The number of amides is 1. The van der Waals surface area contributed by atoms with Crippen molar-refractivity contribution in [2.24, 2.45) is 0 Å². The van der Waals surface area contributed by atoms with Gasteiger partial charge in [-0.15, -0.1) is 0 Å². The summed E-state index contributed by atoms with van der Waals surface area (Å²) in [6.07, 6.45) is 1.17. The maximum absolute atomic E-state index is 12.4. The topological polar surface area (TPSA) is 32.3 Å². The Morgan fingerprint density at radius 2 is 1.17 bits per heavy atom. The van der Waals surface area contributed by atoms with Gasteiger partial charge in [0.15, 0.2) is 0 Å². The first-order valence-electron chi connectivity index (χ1n) is 8.06. The Labute approximate surface area is 142 Å². The van der Waals surface area contributed by atoms with Crippen molar-refractivity contribution in [3.8, 4) is 0 Å². The number of carbonyl (C=O) groups excluding carboxylic acids is 1. The molecule has 0 aromatic heterocycles. The summed E-state index contributed by atoms with van der Waals surface area (Å²) in [5.41, 5.74) is 6.03. The van der Waals surface area contributed by atoms with Gasteiger partial charge in [-0.1, -0.05) is 66.7 Å². The maximum atomic E-state index is 12.4. The zero-order valence-electron chi connectivity index (χ0n) is 13.4. The standard InChI is InChI=1S/C21H20N2O/c24-21(17-16-18-10-4-1-5-11-18)22-23(19-12-6-2-7-13-19)20-14-8-3-9-15-20/h1-15H,16-17H2,(H,22,24). The van der Waals surface area contributed by atoms with Gasteiger partial charge in [-0.05, 0) is 36.2 Å². The van der Waals surface area contributed by atoms with E-state index in [-0.39, 0.29) is 5.91 Å². The molecule has 3 heteroatoms. The quantitative estimate of drug-likeness (QED) is 0.680. The van der Waals surface area contributed by atoms with Crippen molar-refractivity contribution in [1.82, 2.24) is 5.43 Å². The first-order valence-corrected chi connectivity index (χ1v) is 8.06. The third-order valence-electron chi connectivity index (χ3n) is 3.75. The van der Waals surface area contributed by atoms with Crippen LogP contribution in [0.4, 0.5) is 11.4 Å². The van der Waals surface area contributed by atoms with Crippen LogP contribution in [0.1, 0.15) is 12.0 Å². The molecule has 0 saturated carbocycles. The van der Waals surface area contributed by atoms with Gasteiger partial charge >= 0.3 is 0 Å². The van der Waals surface area contributed by atoms with Crippen molar-refractivity contribution in [3.05, 3.63) is 96.6 Å². The Kier molecular flexibility index (Phi) is 5.25. The molecule has 3 nitrogen and oxygen atoms in total. The highest BCUT2D eigenvalue weighted by Crippen LogP contribution is 2.22. The minimum atomic E-state index is -0.00782. The van der Waals surface area contributed by atoms with Crippen molar-refractivity contribution in [1.29, 1.82) is 0 Å². The molecule has 0 saturated heterocycles. The minimum Gasteiger partial charge on any atom is -0.273 e. The fourth-order valence-corrected chi connectivity index (χ4v) is 2.52. The smallest absolute Gasteiger partial charge is 0.239 e. The SMILES string of the molecule is O=C(CCc1ccccc1)NN(c1ccccc1)c1ccccc1. The lowest BCUT2D eigenvalue weighted by Gasteiger charge is -2.25. The van der Waals surface area contributed by atoms with E-state index in [1.165, 1.54) is 5.56 Å². The van der Waals surface area contributed by atoms with Gasteiger partial charge in [-0.3, -0.25) is 15.2 Å². The molecule has 0 unspecified atom stereocenters. The van der Waals surface area contributed by atoms with Gasteiger partial charge in [-0.25, -0.2) is 0 Å². The average Bonchev–Trinajstić information content (AvgIpc) is 2.67. The Morgan fingerprint density at radius 3 is 1.67 bits per heavy atom. The Hall–Kier alpha value is -3.07. The van der Waals surface area contributed by atoms with E-state index in [9.17, 15) is 4.79 Å². The molecule has 0 spiro atoms. The monoisotopic (exact) mass is 316 g/mol. The van der Waals surface area contributed by atoms with Crippen LogP contribution in [0.3, 0.4) is 0 Å². The number of hydrogen-bond donors (Lipinski definition) is 1. The van der Waals surface area contributed by atoms with Crippen LogP contribution in [0, 0.1) is 0 Å². The molecule has 0 atom stereocenters. The van der Waals surface area contributed by atoms with E-state index < -0.39 is 0 Å². The summed E-state index contributed by atoms with van der Waals surface area (Å²) in [6.45, 7) is 0. The summed E-state index contributed by atoms with van der Waals surface area (Å²) in [7, 11) is 0. The molecule has 0 aliphatic rings. The third kappa shape index (κ3) is 4.23. The third-order valence-corrected chi connectivity index (χ3v) is 3.75. The number of nitrogens with zero attached hydrogens (tertiary/aromatic N) is 1. The van der Waals surface area contributed by atoms with Crippen LogP contribution < -0.4 is 10.4 Å². The van der Waals surface area contributed by atoms with Crippen LogP contribution in [0.2, 0.25) is 0 Å². The molecule has 24 heavy (non-hydrogen) atoms. The molecule has 3 aromatic carbocycles. The van der Waals surface area contributed by atoms with Crippen LogP contribution in [0.25, 0.3) is 0 Å². The fourth-order valence-electron chi connectivity index (χ4n) is 2.52.